The highest BCUT2D eigenvalue weighted by Crippen LogP contribution is 2.25. The zero-order valence-electron chi connectivity index (χ0n) is 10.6. The third-order valence-electron chi connectivity index (χ3n) is 3.32. The summed E-state index contributed by atoms with van der Waals surface area (Å²) in [5, 5.41) is 9.45. The summed E-state index contributed by atoms with van der Waals surface area (Å²) in [6, 6.07) is 5.19. The fourth-order valence-electron chi connectivity index (χ4n) is 2.21. The number of aromatic hydroxyl groups is 1. The number of unbranched alkanes of at least 4 members (excludes halogenated alkanes) is 1. The van der Waals surface area contributed by atoms with Crippen molar-refractivity contribution in [2.75, 3.05) is 12.3 Å². The van der Waals surface area contributed by atoms with Gasteiger partial charge in [-0.3, -0.25) is 0 Å². The van der Waals surface area contributed by atoms with Gasteiger partial charge in [0.15, 0.2) is 0 Å². The Hall–Kier alpha value is -1.07. The smallest absolute Gasteiger partial charge is 0.214 e. The first kappa shape index (κ1) is 13.4. The molecule has 2 rings (SSSR count). The fraction of sp³-hybridized carbons (Fsp3) is 0.538. The molecule has 0 amide bonds. The average Bonchev–Trinajstić information content (AvgIpc) is 2.35. The molecule has 0 saturated heterocycles. The van der Waals surface area contributed by atoms with Crippen molar-refractivity contribution in [2.45, 2.75) is 32.7 Å². The van der Waals surface area contributed by atoms with Gasteiger partial charge in [0.05, 0.1) is 5.75 Å². The summed E-state index contributed by atoms with van der Waals surface area (Å²) in [4.78, 5) is 0. The van der Waals surface area contributed by atoms with Crippen LogP contribution in [0.4, 0.5) is 0 Å². The number of nitrogens with zero attached hydrogens (tertiary/aromatic N) is 1. The molecule has 0 saturated carbocycles. The number of rotatable bonds is 4. The lowest BCUT2D eigenvalue weighted by Crippen LogP contribution is -2.37. The molecular formula is C13H19NO3S. The van der Waals surface area contributed by atoms with E-state index in [0.717, 1.165) is 24.0 Å². The van der Waals surface area contributed by atoms with Crippen LogP contribution in [0.1, 0.15) is 30.9 Å². The lowest BCUT2D eigenvalue weighted by molar-refractivity contribution is 0.388. The van der Waals surface area contributed by atoms with Crippen molar-refractivity contribution in [3.05, 3.63) is 29.3 Å². The van der Waals surface area contributed by atoms with Gasteiger partial charge >= 0.3 is 0 Å². The van der Waals surface area contributed by atoms with Crippen LogP contribution in [-0.4, -0.2) is 30.1 Å². The maximum atomic E-state index is 12.1. The second-order valence-corrected chi connectivity index (χ2v) is 6.79. The Labute approximate surface area is 108 Å². The first-order valence-electron chi connectivity index (χ1n) is 6.31. The van der Waals surface area contributed by atoms with E-state index in [1.54, 1.807) is 12.1 Å². The first-order chi connectivity index (χ1) is 8.53. The molecule has 18 heavy (non-hydrogen) atoms. The quantitative estimate of drug-likeness (QED) is 0.908. The van der Waals surface area contributed by atoms with E-state index in [9.17, 15) is 13.5 Å². The minimum absolute atomic E-state index is 0.196. The number of phenolic OH excluding ortho intramolecular Hbond substituents is 1. The normalized spacial score (nSPS) is 16.5. The van der Waals surface area contributed by atoms with Crippen LogP contribution in [-0.2, 0) is 23.0 Å². The summed E-state index contributed by atoms with van der Waals surface area (Å²) in [7, 11) is -3.15. The van der Waals surface area contributed by atoms with Gasteiger partial charge in [0.2, 0.25) is 10.0 Å². The molecule has 1 N–H and O–H groups in total. The standard InChI is InChI=1S/C13H19NO3S/c1-2-3-8-18(16,17)14-7-6-11-4-5-13(15)9-12(11)10-14/h4-5,9,15H,2-3,6-8,10H2,1H3. The van der Waals surface area contributed by atoms with E-state index in [1.807, 2.05) is 13.0 Å². The number of benzene rings is 1. The van der Waals surface area contributed by atoms with E-state index in [1.165, 1.54) is 4.31 Å². The van der Waals surface area contributed by atoms with Crippen molar-refractivity contribution in [2.24, 2.45) is 0 Å². The molecule has 1 heterocycles. The van der Waals surface area contributed by atoms with Gasteiger partial charge < -0.3 is 5.11 Å². The molecule has 1 aliphatic heterocycles. The summed E-state index contributed by atoms with van der Waals surface area (Å²) in [5.41, 5.74) is 2.05. The Kier molecular flexibility index (Phi) is 3.92. The molecule has 0 aliphatic carbocycles. The largest absolute Gasteiger partial charge is 0.508 e. The van der Waals surface area contributed by atoms with Crippen LogP contribution in [0.25, 0.3) is 0 Å². The van der Waals surface area contributed by atoms with E-state index in [2.05, 4.69) is 0 Å². The summed E-state index contributed by atoms with van der Waals surface area (Å²) < 4.78 is 25.7. The molecule has 0 fully saturated rings. The third-order valence-corrected chi connectivity index (χ3v) is 5.22. The number of sulfonamides is 1. The van der Waals surface area contributed by atoms with Gasteiger partial charge in [0, 0.05) is 13.1 Å². The van der Waals surface area contributed by atoms with Gasteiger partial charge in [-0.1, -0.05) is 19.4 Å². The van der Waals surface area contributed by atoms with E-state index in [-0.39, 0.29) is 11.5 Å². The number of hydrogen-bond acceptors (Lipinski definition) is 3. The predicted molar refractivity (Wildman–Crippen MR) is 70.9 cm³/mol. The molecule has 1 aliphatic rings. The Morgan fingerprint density at radius 1 is 1.33 bits per heavy atom. The van der Waals surface area contributed by atoms with E-state index < -0.39 is 10.0 Å². The van der Waals surface area contributed by atoms with Gasteiger partial charge in [-0.2, -0.15) is 4.31 Å². The van der Waals surface area contributed by atoms with Gasteiger partial charge in [-0.15, -0.1) is 0 Å². The van der Waals surface area contributed by atoms with Crippen molar-refractivity contribution in [3.8, 4) is 5.75 Å². The maximum Gasteiger partial charge on any atom is 0.214 e. The van der Waals surface area contributed by atoms with E-state index in [4.69, 9.17) is 0 Å². The predicted octanol–water partition coefficient (Wildman–Crippen LogP) is 1.88. The molecule has 0 aromatic heterocycles. The number of hydrogen-bond donors (Lipinski definition) is 1. The topological polar surface area (TPSA) is 57.6 Å². The molecule has 100 valence electrons. The van der Waals surface area contributed by atoms with Crippen LogP contribution in [0.2, 0.25) is 0 Å². The van der Waals surface area contributed by atoms with Crippen molar-refractivity contribution >= 4 is 10.0 Å². The summed E-state index contributed by atoms with van der Waals surface area (Å²) >= 11 is 0. The highest BCUT2D eigenvalue weighted by Gasteiger charge is 2.26. The second kappa shape index (κ2) is 5.28. The Morgan fingerprint density at radius 2 is 2.11 bits per heavy atom. The lowest BCUT2D eigenvalue weighted by atomic mass is 10.0. The van der Waals surface area contributed by atoms with Crippen LogP contribution in [0.15, 0.2) is 18.2 Å². The molecular weight excluding hydrogens is 250 g/mol. The minimum atomic E-state index is -3.15. The number of fused-ring (bicyclic) bond motifs is 1. The average molecular weight is 269 g/mol. The highest BCUT2D eigenvalue weighted by atomic mass is 32.2. The zero-order valence-corrected chi connectivity index (χ0v) is 11.4. The molecule has 1 aromatic rings. The molecule has 0 atom stereocenters. The fourth-order valence-corrected chi connectivity index (χ4v) is 3.83. The molecule has 0 spiro atoms. The number of phenols is 1. The Balaban J connectivity index is 2.16. The third kappa shape index (κ3) is 2.84. The van der Waals surface area contributed by atoms with Crippen LogP contribution >= 0.6 is 0 Å². The van der Waals surface area contributed by atoms with Crippen LogP contribution in [0.5, 0.6) is 5.75 Å². The molecule has 0 unspecified atom stereocenters. The monoisotopic (exact) mass is 269 g/mol. The van der Waals surface area contributed by atoms with E-state index in [0.29, 0.717) is 19.5 Å². The maximum absolute atomic E-state index is 12.1. The van der Waals surface area contributed by atoms with Crippen molar-refractivity contribution in [1.29, 1.82) is 0 Å². The SMILES string of the molecule is CCCCS(=O)(=O)N1CCc2ccc(O)cc2C1. The van der Waals surface area contributed by atoms with Crippen molar-refractivity contribution in [3.63, 3.8) is 0 Å². The summed E-state index contributed by atoms with van der Waals surface area (Å²) in [6.07, 6.45) is 2.30. The van der Waals surface area contributed by atoms with Gasteiger partial charge in [-0.25, -0.2) is 8.42 Å². The van der Waals surface area contributed by atoms with Crippen LogP contribution in [0.3, 0.4) is 0 Å². The Morgan fingerprint density at radius 3 is 2.83 bits per heavy atom. The highest BCUT2D eigenvalue weighted by molar-refractivity contribution is 7.89. The van der Waals surface area contributed by atoms with Gasteiger partial charge in [0.1, 0.15) is 5.75 Å². The van der Waals surface area contributed by atoms with Gasteiger partial charge in [-0.05, 0) is 36.1 Å². The van der Waals surface area contributed by atoms with E-state index >= 15 is 0 Å². The first-order valence-corrected chi connectivity index (χ1v) is 7.92. The molecule has 0 radical (unpaired) electrons. The molecule has 4 nitrogen and oxygen atoms in total. The minimum Gasteiger partial charge on any atom is -0.508 e. The Bertz CT molecular complexity index is 525. The molecule has 5 heteroatoms. The summed E-state index contributed by atoms with van der Waals surface area (Å²) in [6.45, 7) is 2.92. The second-order valence-electron chi connectivity index (χ2n) is 4.71. The van der Waals surface area contributed by atoms with Crippen LogP contribution < -0.4 is 0 Å². The lowest BCUT2D eigenvalue weighted by Gasteiger charge is -2.28. The van der Waals surface area contributed by atoms with Crippen molar-refractivity contribution in [1.82, 2.24) is 4.31 Å². The van der Waals surface area contributed by atoms with Crippen LogP contribution in [0, 0.1) is 0 Å². The summed E-state index contributed by atoms with van der Waals surface area (Å²) in [5.74, 6) is 0.416. The molecule has 0 bridgehead atoms. The van der Waals surface area contributed by atoms with Crippen molar-refractivity contribution < 1.29 is 13.5 Å². The zero-order chi connectivity index (χ0) is 13.2. The molecule has 1 aromatic carbocycles. The van der Waals surface area contributed by atoms with Gasteiger partial charge in [0.25, 0.3) is 0 Å².